The molecule has 0 saturated heterocycles. The summed E-state index contributed by atoms with van der Waals surface area (Å²) in [6.45, 7) is 2.87. The van der Waals surface area contributed by atoms with E-state index < -0.39 is 0 Å². The average Bonchev–Trinajstić information content (AvgIpc) is 3.22. The summed E-state index contributed by atoms with van der Waals surface area (Å²) in [5.74, 6) is 1.46. The predicted molar refractivity (Wildman–Crippen MR) is 115 cm³/mol. The van der Waals surface area contributed by atoms with E-state index in [2.05, 4.69) is 46.7 Å². The quantitative estimate of drug-likeness (QED) is 0.583. The minimum Gasteiger partial charge on any atom is -0.493 e. The molecule has 0 bridgehead atoms. The molecule has 0 aliphatic carbocycles. The molecule has 0 N–H and O–H groups in total. The third-order valence-electron chi connectivity index (χ3n) is 5.01. The van der Waals surface area contributed by atoms with Crippen molar-refractivity contribution in [2.75, 3.05) is 27.3 Å². The summed E-state index contributed by atoms with van der Waals surface area (Å²) in [6.07, 6.45) is 3.42. The first-order chi connectivity index (χ1) is 13.8. The Bertz CT molecular complexity index is 966. The molecule has 4 rings (SSSR count). The van der Waals surface area contributed by atoms with Gasteiger partial charge in [0.25, 0.3) is 0 Å². The van der Waals surface area contributed by atoms with Crippen molar-refractivity contribution >= 4 is 16.9 Å². The van der Waals surface area contributed by atoms with Gasteiger partial charge in [-0.25, -0.2) is 4.98 Å². The highest BCUT2D eigenvalue weighted by Crippen LogP contribution is 2.39. The van der Waals surface area contributed by atoms with Crippen LogP contribution in [0.3, 0.4) is 0 Å². The van der Waals surface area contributed by atoms with Crippen molar-refractivity contribution in [3.8, 4) is 22.1 Å². The molecule has 144 valence electrons. The lowest BCUT2D eigenvalue weighted by Crippen LogP contribution is -2.28. The smallest absolute Gasteiger partial charge is 0.170 e. The van der Waals surface area contributed by atoms with E-state index in [1.54, 1.807) is 25.6 Å². The first-order valence-electron chi connectivity index (χ1n) is 9.41. The summed E-state index contributed by atoms with van der Waals surface area (Å²) in [7, 11) is 3.32. The van der Waals surface area contributed by atoms with Crippen molar-refractivity contribution in [1.82, 2.24) is 9.88 Å². The number of thiazole rings is 1. The summed E-state index contributed by atoms with van der Waals surface area (Å²) < 4.78 is 11.0. The van der Waals surface area contributed by atoms with Crippen molar-refractivity contribution in [2.45, 2.75) is 13.0 Å². The fourth-order valence-electron chi connectivity index (χ4n) is 3.56. The molecule has 0 spiro atoms. The Balaban J connectivity index is 1.46. The van der Waals surface area contributed by atoms with Gasteiger partial charge < -0.3 is 9.47 Å². The van der Waals surface area contributed by atoms with Crippen LogP contribution in [-0.2, 0) is 6.54 Å². The standard InChI is InChI=1S/C23H24N2O2S/c1-26-21-10-6-9-20(22(21)27-2)23-24-19(16-28-23)15-25-13-11-18(12-14-25)17-7-4-3-5-8-17/h3-11,16H,12-15H2,1-2H3. The van der Waals surface area contributed by atoms with E-state index in [4.69, 9.17) is 14.5 Å². The highest BCUT2D eigenvalue weighted by molar-refractivity contribution is 7.13. The van der Waals surface area contributed by atoms with Gasteiger partial charge in [0, 0.05) is 25.0 Å². The molecule has 0 amide bonds. The summed E-state index contributed by atoms with van der Waals surface area (Å²) in [6, 6.07) is 16.6. The second-order valence-corrected chi connectivity index (χ2v) is 7.62. The second-order valence-electron chi connectivity index (χ2n) is 6.77. The Morgan fingerprint density at radius 3 is 2.61 bits per heavy atom. The van der Waals surface area contributed by atoms with Crippen LogP contribution < -0.4 is 9.47 Å². The number of methoxy groups -OCH3 is 2. The first-order valence-corrected chi connectivity index (χ1v) is 10.3. The van der Waals surface area contributed by atoms with Gasteiger partial charge in [0.1, 0.15) is 5.01 Å². The first kappa shape index (κ1) is 18.7. The number of ether oxygens (including phenoxy) is 2. The van der Waals surface area contributed by atoms with Gasteiger partial charge in [-0.2, -0.15) is 0 Å². The van der Waals surface area contributed by atoms with Gasteiger partial charge in [-0.05, 0) is 29.7 Å². The maximum Gasteiger partial charge on any atom is 0.170 e. The molecular weight excluding hydrogens is 368 g/mol. The van der Waals surface area contributed by atoms with Gasteiger partial charge in [0.2, 0.25) is 0 Å². The second kappa shape index (κ2) is 8.59. The highest BCUT2D eigenvalue weighted by atomic mass is 32.1. The van der Waals surface area contributed by atoms with E-state index in [1.807, 2.05) is 18.2 Å². The van der Waals surface area contributed by atoms with Crippen LogP contribution in [0.1, 0.15) is 17.7 Å². The van der Waals surface area contributed by atoms with Crippen LogP contribution in [0.15, 0.2) is 60.0 Å². The minimum atomic E-state index is 0.728. The lowest BCUT2D eigenvalue weighted by atomic mass is 9.99. The highest BCUT2D eigenvalue weighted by Gasteiger charge is 2.17. The van der Waals surface area contributed by atoms with E-state index >= 15 is 0 Å². The number of rotatable bonds is 6. The SMILES string of the molecule is COc1cccc(-c2nc(CN3CC=C(c4ccccc4)CC3)cs2)c1OC. The Labute approximate surface area is 170 Å². The molecule has 5 heteroatoms. The molecule has 28 heavy (non-hydrogen) atoms. The zero-order valence-electron chi connectivity index (χ0n) is 16.2. The third-order valence-corrected chi connectivity index (χ3v) is 5.93. The van der Waals surface area contributed by atoms with Crippen LogP contribution in [0, 0.1) is 0 Å². The van der Waals surface area contributed by atoms with Crippen molar-refractivity contribution in [3.05, 3.63) is 71.2 Å². The predicted octanol–water partition coefficient (Wildman–Crippen LogP) is 5.12. The van der Waals surface area contributed by atoms with Crippen LogP contribution in [0.5, 0.6) is 11.5 Å². The van der Waals surface area contributed by atoms with Crippen LogP contribution in [0.25, 0.3) is 16.1 Å². The number of nitrogens with zero attached hydrogens (tertiary/aromatic N) is 2. The van der Waals surface area contributed by atoms with Gasteiger partial charge in [0.15, 0.2) is 11.5 Å². The van der Waals surface area contributed by atoms with Crippen molar-refractivity contribution in [2.24, 2.45) is 0 Å². The molecule has 3 aromatic rings. The number of para-hydroxylation sites is 1. The van der Waals surface area contributed by atoms with Crippen molar-refractivity contribution in [1.29, 1.82) is 0 Å². The van der Waals surface area contributed by atoms with E-state index in [-0.39, 0.29) is 0 Å². The number of benzene rings is 2. The van der Waals surface area contributed by atoms with Gasteiger partial charge in [-0.15, -0.1) is 11.3 Å². The topological polar surface area (TPSA) is 34.6 Å². The zero-order valence-corrected chi connectivity index (χ0v) is 17.0. The summed E-state index contributed by atoms with van der Waals surface area (Å²) in [4.78, 5) is 7.29. The van der Waals surface area contributed by atoms with Crippen molar-refractivity contribution < 1.29 is 9.47 Å². The molecule has 1 aliphatic heterocycles. The number of hydrogen-bond acceptors (Lipinski definition) is 5. The molecular formula is C23H24N2O2S. The normalized spacial score (nSPS) is 14.6. The lowest BCUT2D eigenvalue weighted by Gasteiger charge is -2.25. The van der Waals surface area contributed by atoms with Crippen LogP contribution in [0.2, 0.25) is 0 Å². The van der Waals surface area contributed by atoms with Crippen LogP contribution >= 0.6 is 11.3 Å². The molecule has 2 heterocycles. The molecule has 2 aromatic carbocycles. The molecule has 0 saturated carbocycles. The zero-order chi connectivity index (χ0) is 19.3. The van der Waals surface area contributed by atoms with E-state index in [0.29, 0.717) is 0 Å². The largest absolute Gasteiger partial charge is 0.493 e. The van der Waals surface area contributed by atoms with E-state index in [0.717, 1.165) is 53.8 Å². The Kier molecular flexibility index (Phi) is 5.74. The van der Waals surface area contributed by atoms with E-state index in [9.17, 15) is 0 Å². The maximum atomic E-state index is 5.56. The Morgan fingerprint density at radius 1 is 1.04 bits per heavy atom. The maximum absolute atomic E-state index is 5.56. The minimum absolute atomic E-state index is 0.728. The van der Waals surface area contributed by atoms with Crippen molar-refractivity contribution in [3.63, 3.8) is 0 Å². The number of hydrogen-bond donors (Lipinski definition) is 0. The number of aromatic nitrogens is 1. The monoisotopic (exact) mass is 392 g/mol. The summed E-state index contributed by atoms with van der Waals surface area (Å²) in [5.41, 5.74) is 4.85. The average molecular weight is 393 g/mol. The summed E-state index contributed by atoms with van der Waals surface area (Å²) >= 11 is 1.65. The molecule has 1 aromatic heterocycles. The van der Waals surface area contributed by atoms with Gasteiger partial charge in [-0.3, -0.25) is 4.90 Å². The molecule has 0 atom stereocenters. The van der Waals surface area contributed by atoms with Gasteiger partial charge in [0.05, 0.1) is 25.5 Å². The Hall–Kier alpha value is -2.63. The molecule has 0 fully saturated rings. The fourth-order valence-corrected chi connectivity index (χ4v) is 4.39. The molecule has 1 aliphatic rings. The molecule has 0 radical (unpaired) electrons. The third kappa shape index (κ3) is 3.96. The lowest BCUT2D eigenvalue weighted by molar-refractivity contribution is 0.291. The summed E-state index contributed by atoms with van der Waals surface area (Å²) in [5, 5.41) is 3.10. The van der Waals surface area contributed by atoms with Gasteiger partial charge >= 0.3 is 0 Å². The molecule has 0 unspecified atom stereocenters. The Morgan fingerprint density at radius 2 is 1.89 bits per heavy atom. The van der Waals surface area contributed by atoms with Gasteiger partial charge in [-0.1, -0.05) is 42.5 Å². The van der Waals surface area contributed by atoms with Crippen LogP contribution in [-0.4, -0.2) is 37.2 Å². The fraction of sp³-hybridized carbons (Fsp3) is 0.261. The van der Waals surface area contributed by atoms with E-state index in [1.165, 1.54) is 11.1 Å². The van der Waals surface area contributed by atoms with Crippen LogP contribution in [0.4, 0.5) is 0 Å². The molecule has 4 nitrogen and oxygen atoms in total.